The maximum atomic E-state index is 5.95. The van der Waals surface area contributed by atoms with Crippen LogP contribution >= 0.6 is 50.2 Å². The summed E-state index contributed by atoms with van der Waals surface area (Å²) in [5.41, 5.74) is 1.03. The van der Waals surface area contributed by atoms with Gasteiger partial charge in [-0.05, 0) is 27.4 Å². The van der Waals surface area contributed by atoms with Crippen molar-refractivity contribution in [3.05, 3.63) is 25.8 Å². The number of aromatic nitrogens is 1. The van der Waals surface area contributed by atoms with Crippen molar-refractivity contribution < 1.29 is 0 Å². The predicted molar refractivity (Wildman–Crippen MR) is 58.1 cm³/mol. The van der Waals surface area contributed by atoms with E-state index in [4.69, 9.17) is 11.6 Å². The fourth-order valence-corrected chi connectivity index (χ4v) is 3.15. The van der Waals surface area contributed by atoms with Crippen molar-refractivity contribution in [2.45, 2.75) is 0 Å². The highest BCUT2D eigenvalue weighted by molar-refractivity contribution is 9.10. The Morgan fingerprint density at radius 3 is 2.75 bits per heavy atom. The molecule has 12 heavy (non-hydrogen) atoms. The van der Waals surface area contributed by atoms with E-state index >= 15 is 0 Å². The summed E-state index contributed by atoms with van der Waals surface area (Å²) in [4.78, 5) is 4.27. The highest BCUT2D eigenvalue weighted by atomic mass is 79.9. The molecule has 0 aliphatic carbocycles. The van der Waals surface area contributed by atoms with E-state index in [1.807, 2.05) is 16.8 Å². The van der Waals surface area contributed by atoms with Crippen LogP contribution in [-0.4, -0.2) is 4.98 Å². The molecule has 0 aromatic carbocycles. The summed E-state index contributed by atoms with van der Waals surface area (Å²) >= 11 is 12.4. The van der Waals surface area contributed by atoms with Crippen LogP contribution in [-0.2, 0) is 0 Å². The van der Waals surface area contributed by atoms with Crippen LogP contribution in [0.15, 0.2) is 21.4 Å². The molecule has 0 atom stereocenters. The van der Waals surface area contributed by atoms with Gasteiger partial charge in [-0.3, -0.25) is 0 Å². The van der Waals surface area contributed by atoms with Crippen molar-refractivity contribution in [1.82, 2.24) is 4.98 Å². The number of hydrogen-bond donors (Lipinski definition) is 0. The molecular formula is C7H3BrClNS2. The van der Waals surface area contributed by atoms with Gasteiger partial charge < -0.3 is 0 Å². The van der Waals surface area contributed by atoms with Gasteiger partial charge in [-0.1, -0.05) is 11.6 Å². The van der Waals surface area contributed by atoms with E-state index in [9.17, 15) is 0 Å². The van der Waals surface area contributed by atoms with Crippen molar-refractivity contribution in [3.8, 4) is 10.6 Å². The second-order valence-corrected chi connectivity index (χ2v) is 5.27. The van der Waals surface area contributed by atoms with Gasteiger partial charge in [0.1, 0.15) is 13.9 Å². The Balaban J connectivity index is 2.50. The van der Waals surface area contributed by atoms with Crippen molar-refractivity contribution in [1.29, 1.82) is 0 Å². The third-order valence-electron chi connectivity index (χ3n) is 1.32. The Kier molecular flexibility index (Phi) is 2.50. The Bertz CT molecular complexity index is 396. The quantitative estimate of drug-likeness (QED) is 0.759. The normalized spacial score (nSPS) is 10.5. The SMILES string of the molecule is Clc1sccc1-c1nc(Br)cs1. The third kappa shape index (κ3) is 1.57. The van der Waals surface area contributed by atoms with Crippen LogP contribution in [0.4, 0.5) is 0 Å². The smallest absolute Gasteiger partial charge is 0.127 e. The molecule has 0 spiro atoms. The summed E-state index contributed by atoms with van der Waals surface area (Å²) in [5.74, 6) is 0. The van der Waals surface area contributed by atoms with Gasteiger partial charge in [-0.2, -0.15) is 0 Å². The van der Waals surface area contributed by atoms with Crippen LogP contribution in [0.3, 0.4) is 0 Å². The summed E-state index contributed by atoms with van der Waals surface area (Å²) in [7, 11) is 0. The first kappa shape index (κ1) is 8.69. The average molecular weight is 281 g/mol. The molecule has 0 bridgehead atoms. The summed E-state index contributed by atoms with van der Waals surface area (Å²) in [6.07, 6.45) is 0. The maximum Gasteiger partial charge on any atom is 0.127 e. The fourth-order valence-electron chi connectivity index (χ4n) is 0.824. The number of hydrogen-bond acceptors (Lipinski definition) is 3. The molecule has 0 saturated heterocycles. The first-order valence-electron chi connectivity index (χ1n) is 3.12. The van der Waals surface area contributed by atoms with Crippen molar-refractivity contribution in [2.75, 3.05) is 0 Å². The molecule has 0 unspecified atom stereocenters. The molecule has 62 valence electrons. The lowest BCUT2D eigenvalue weighted by Gasteiger charge is -1.88. The van der Waals surface area contributed by atoms with Crippen molar-refractivity contribution >= 4 is 50.2 Å². The number of thiophene rings is 1. The largest absolute Gasteiger partial charge is 0.229 e. The first-order valence-corrected chi connectivity index (χ1v) is 6.05. The van der Waals surface area contributed by atoms with Crippen LogP contribution in [0.2, 0.25) is 4.34 Å². The highest BCUT2D eigenvalue weighted by Crippen LogP contribution is 2.34. The Labute approximate surface area is 91.2 Å². The Morgan fingerprint density at radius 2 is 2.25 bits per heavy atom. The molecule has 2 aromatic rings. The summed E-state index contributed by atoms with van der Waals surface area (Å²) in [6, 6.07) is 1.98. The van der Waals surface area contributed by atoms with Crippen molar-refractivity contribution in [2.24, 2.45) is 0 Å². The minimum Gasteiger partial charge on any atom is -0.229 e. The zero-order valence-electron chi connectivity index (χ0n) is 5.75. The number of rotatable bonds is 1. The lowest BCUT2D eigenvalue weighted by molar-refractivity contribution is 1.37. The van der Waals surface area contributed by atoms with Gasteiger partial charge in [0.05, 0.1) is 0 Å². The minimum absolute atomic E-state index is 0.803. The van der Waals surface area contributed by atoms with Crippen LogP contribution in [0, 0.1) is 0 Å². The molecule has 0 saturated carbocycles. The third-order valence-corrected chi connectivity index (χ3v) is 4.08. The maximum absolute atomic E-state index is 5.95. The topological polar surface area (TPSA) is 12.9 Å². The molecule has 2 aromatic heterocycles. The monoisotopic (exact) mass is 279 g/mol. The van der Waals surface area contributed by atoms with Gasteiger partial charge in [0.15, 0.2) is 0 Å². The molecule has 0 aliphatic rings. The molecule has 0 N–H and O–H groups in total. The molecule has 2 heterocycles. The summed E-state index contributed by atoms with van der Waals surface area (Å²) in [5, 5.41) is 4.88. The Morgan fingerprint density at radius 1 is 1.42 bits per heavy atom. The zero-order chi connectivity index (χ0) is 8.55. The second-order valence-electron chi connectivity index (χ2n) is 2.08. The fraction of sp³-hybridized carbons (Fsp3) is 0. The molecule has 0 amide bonds. The van der Waals surface area contributed by atoms with E-state index in [1.54, 1.807) is 11.3 Å². The Hall–Kier alpha value is 0.1000. The number of thiazole rings is 1. The summed E-state index contributed by atoms with van der Waals surface area (Å²) < 4.78 is 1.67. The number of nitrogens with zero attached hydrogens (tertiary/aromatic N) is 1. The molecule has 5 heteroatoms. The van der Waals surface area contributed by atoms with Gasteiger partial charge in [-0.15, -0.1) is 22.7 Å². The van der Waals surface area contributed by atoms with E-state index in [-0.39, 0.29) is 0 Å². The standard InChI is InChI=1S/C7H3BrClNS2/c8-5-3-12-7(10-5)4-1-2-11-6(4)9/h1-3H. The minimum atomic E-state index is 0.803. The number of halogens is 2. The van der Waals surface area contributed by atoms with Gasteiger partial charge >= 0.3 is 0 Å². The van der Waals surface area contributed by atoms with Gasteiger partial charge in [-0.25, -0.2) is 4.98 Å². The lowest BCUT2D eigenvalue weighted by Crippen LogP contribution is -1.70. The molecule has 0 radical (unpaired) electrons. The van der Waals surface area contributed by atoms with Crippen LogP contribution in [0.5, 0.6) is 0 Å². The van der Waals surface area contributed by atoms with Crippen LogP contribution in [0.25, 0.3) is 10.6 Å². The van der Waals surface area contributed by atoms with Crippen LogP contribution in [0.1, 0.15) is 0 Å². The molecule has 0 aliphatic heterocycles. The first-order chi connectivity index (χ1) is 5.77. The van der Waals surface area contributed by atoms with E-state index < -0.39 is 0 Å². The average Bonchev–Trinajstić information content (AvgIpc) is 2.58. The van der Waals surface area contributed by atoms with Gasteiger partial charge in [0.25, 0.3) is 0 Å². The molecule has 1 nitrogen and oxygen atoms in total. The van der Waals surface area contributed by atoms with E-state index in [0.29, 0.717) is 0 Å². The zero-order valence-corrected chi connectivity index (χ0v) is 9.73. The van der Waals surface area contributed by atoms with Crippen LogP contribution < -0.4 is 0 Å². The van der Waals surface area contributed by atoms with E-state index in [2.05, 4.69) is 20.9 Å². The highest BCUT2D eigenvalue weighted by Gasteiger charge is 2.07. The van der Waals surface area contributed by atoms with E-state index in [0.717, 1.165) is 19.5 Å². The molecule has 2 rings (SSSR count). The van der Waals surface area contributed by atoms with Crippen molar-refractivity contribution in [3.63, 3.8) is 0 Å². The second kappa shape index (κ2) is 3.46. The van der Waals surface area contributed by atoms with Gasteiger partial charge in [0.2, 0.25) is 0 Å². The molecule has 0 fully saturated rings. The predicted octanol–water partition coefficient (Wildman–Crippen LogP) is 4.29. The molecular weight excluding hydrogens is 278 g/mol. The lowest BCUT2D eigenvalue weighted by atomic mass is 10.4. The van der Waals surface area contributed by atoms with Gasteiger partial charge in [0, 0.05) is 10.9 Å². The summed E-state index contributed by atoms with van der Waals surface area (Å²) in [6.45, 7) is 0. The van der Waals surface area contributed by atoms with E-state index in [1.165, 1.54) is 11.3 Å².